The lowest BCUT2D eigenvalue weighted by Gasteiger charge is -2.06. The van der Waals surface area contributed by atoms with Crippen molar-refractivity contribution in [3.05, 3.63) is 51.8 Å². The summed E-state index contributed by atoms with van der Waals surface area (Å²) in [5.41, 5.74) is 3.03. The number of rotatable bonds is 3. The van der Waals surface area contributed by atoms with Crippen LogP contribution in [-0.4, -0.2) is 27.2 Å². The Labute approximate surface area is 146 Å². The predicted octanol–water partition coefficient (Wildman–Crippen LogP) is 3.52. The molecule has 3 aromatic rings. The monoisotopic (exact) mass is 384 g/mol. The van der Waals surface area contributed by atoms with Crippen molar-refractivity contribution < 1.29 is 9.53 Å². The van der Waals surface area contributed by atoms with Gasteiger partial charge in [-0.15, -0.1) is 0 Å². The molecule has 0 aliphatic carbocycles. The molecule has 3 rings (SSSR count). The van der Waals surface area contributed by atoms with Crippen LogP contribution in [0.1, 0.15) is 28.5 Å². The molecule has 0 aliphatic heterocycles. The highest BCUT2D eigenvalue weighted by Crippen LogP contribution is 2.27. The maximum atomic E-state index is 12.0. The number of benzene rings is 1. The maximum absolute atomic E-state index is 12.0. The first kappa shape index (κ1) is 16.1. The average Bonchev–Trinajstić information content (AvgIpc) is 2.95. The van der Waals surface area contributed by atoms with Gasteiger partial charge in [0.25, 0.3) is 0 Å². The van der Waals surface area contributed by atoms with Gasteiger partial charge in [-0.2, -0.15) is 10.4 Å². The Morgan fingerprint density at radius 3 is 2.71 bits per heavy atom. The lowest BCUT2D eigenvalue weighted by atomic mass is 10.1. The molecule has 0 saturated carbocycles. The first-order valence-electron chi connectivity index (χ1n) is 7.28. The molecule has 0 radical (unpaired) electrons. The molecule has 0 N–H and O–H groups in total. The summed E-state index contributed by atoms with van der Waals surface area (Å²) in [6.45, 7) is 3.77. The van der Waals surface area contributed by atoms with E-state index in [1.807, 2.05) is 24.3 Å². The maximum Gasteiger partial charge on any atom is 0.341 e. The van der Waals surface area contributed by atoms with Crippen LogP contribution in [0, 0.1) is 18.3 Å². The van der Waals surface area contributed by atoms with E-state index in [0.717, 1.165) is 10.0 Å². The molecule has 0 spiro atoms. The topological polar surface area (TPSA) is 80.3 Å². The molecule has 7 heteroatoms. The molecule has 0 fully saturated rings. The quantitative estimate of drug-likeness (QED) is 0.645. The second-order valence-electron chi connectivity index (χ2n) is 5.06. The van der Waals surface area contributed by atoms with Crippen LogP contribution in [0.4, 0.5) is 0 Å². The van der Waals surface area contributed by atoms with Gasteiger partial charge in [-0.1, -0.05) is 28.1 Å². The first-order valence-corrected chi connectivity index (χ1v) is 8.07. The molecule has 24 heavy (non-hydrogen) atoms. The molecule has 0 bridgehead atoms. The van der Waals surface area contributed by atoms with Crippen LogP contribution in [0.3, 0.4) is 0 Å². The number of halogens is 1. The van der Waals surface area contributed by atoms with E-state index in [-0.39, 0.29) is 6.61 Å². The van der Waals surface area contributed by atoms with Gasteiger partial charge in [0.1, 0.15) is 17.3 Å². The van der Waals surface area contributed by atoms with Crippen molar-refractivity contribution in [2.45, 2.75) is 13.8 Å². The summed E-state index contributed by atoms with van der Waals surface area (Å²) >= 11 is 3.39. The summed E-state index contributed by atoms with van der Waals surface area (Å²) < 4.78 is 7.48. The minimum atomic E-state index is -0.455. The molecular formula is C17H13BrN4O2. The fourth-order valence-corrected chi connectivity index (χ4v) is 2.68. The highest BCUT2D eigenvalue weighted by molar-refractivity contribution is 9.10. The highest BCUT2D eigenvalue weighted by atomic mass is 79.9. The SMILES string of the molecule is CCOC(=O)c1cnc2c(C#N)c(-c3ccc(Br)cc3)nn2c1C. The number of nitriles is 1. The van der Waals surface area contributed by atoms with Crippen LogP contribution in [0.2, 0.25) is 0 Å². The number of hydrogen-bond donors (Lipinski definition) is 0. The van der Waals surface area contributed by atoms with Gasteiger partial charge < -0.3 is 4.74 Å². The van der Waals surface area contributed by atoms with Crippen molar-refractivity contribution in [1.29, 1.82) is 5.26 Å². The van der Waals surface area contributed by atoms with E-state index in [0.29, 0.717) is 28.2 Å². The number of carbonyl (C=O) groups excluding carboxylic acids is 1. The van der Waals surface area contributed by atoms with E-state index < -0.39 is 5.97 Å². The number of nitrogens with zero attached hydrogens (tertiary/aromatic N) is 4. The molecule has 0 aliphatic rings. The van der Waals surface area contributed by atoms with Crippen molar-refractivity contribution in [1.82, 2.24) is 14.6 Å². The van der Waals surface area contributed by atoms with Crippen molar-refractivity contribution in [3.8, 4) is 17.3 Å². The molecule has 0 saturated heterocycles. The van der Waals surface area contributed by atoms with Crippen LogP contribution in [-0.2, 0) is 4.74 Å². The second kappa shape index (κ2) is 6.42. The second-order valence-corrected chi connectivity index (χ2v) is 5.97. The van der Waals surface area contributed by atoms with Gasteiger partial charge in [-0.25, -0.2) is 14.3 Å². The third kappa shape index (κ3) is 2.65. The Balaban J connectivity index is 2.22. The molecule has 0 amide bonds. The van der Waals surface area contributed by atoms with E-state index in [4.69, 9.17) is 4.74 Å². The molecule has 2 heterocycles. The number of ether oxygens (including phenoxy) is 1. The standard InChI is InChI=1S/C17H13BrN4O2/c1-3-24-17(23)14-9-20-16-13(8-19)15(21-22(16)10(14)2)11-4-6-12(18)7-5-11/h4-7,9H,3H2,1-2H3. The Hall–Kier alpha value is -2.72. The predicted molar refractivity (Wildman–Crippen MR) is 91.5 cm³/mol. The molecule has 1 aromatic carbocycles. The summed E-state index contributed by atoms with van der Waals surface area (Å²) in [5, 5.41) is 14.0. The van der Waals surface area contributed by atoms with E-state index in [1.54, 1.807) is 13.8 Å². The lowest BCUT2D eigenvalue weighted by Crippen LogP contribution is -2.11. The van der Waals surface area contributed by atoms with Crippen LogP contribution in [0.5, 0.6) is 0 Å². The van der Waals surface area contributed by atoms with Crippen molar-refractivity contribution in [3.63, 3.8) is 0 Å². The smallest absolute Gasteiger partial charge is 0.341 e. The number of aryl methyl sites for hydroxylation is 1. The van der Waals surface area contributed by atoms with Crippen molar-refractivity contribution in [2.75, 3.05) is 6.61 Å². The van der Waals surface area contributed by atoms with Gasteiger partial charge in [0.05, 0.1) is 17.9 Å². The molecule has 120 valence electrons. The van der Waals surface area contributed by atoms with Gasteiger partial charge >= 0.3 is 5.97 Å². The summed E-state index contributed by atoms with van der Waals surface area (Å²) in [7, 11) is 0. The van der Waals surface area contributed by atoms with E-state index >= 15 is 0 Å². The van der Waals surface area contributed by atoms with E-state index in [2.05, 4.69) is 32.1 Å². The third-order valence-electron chi connectivity index (χ3n) is 3.61. The minimum Gasteiger partial charge on any atom is -0.462 e. The van der Waals surface area contributed by atoms with Gasteiger partial charge in [0.2, 0.25) is 0 Å². The lowest BCUT2D eigenvalue weighted by molar-refractivity contribution is 0.0524. The minimum absolute atomic E-state index is 0.281. The van der Waals surface area contributed by atoms with Gasteiger partial charge in [-0.05, 0) is 26.0 Å². The Morgan fingerprint density at radius 2 is 2.08 bits per heavy atom. The summed E-state index contributed by atoms with van der Waals surface area (Å²) in [6.07, 6.45) is 1.43. The molecular weight excluding hydrogens is 372 g/mol. The molecule has 2 aromatic heterocycles. The number of esters is 1. The van der Waals surface area contributed by atoms with E-state index in [9.17, 15) is 10.1 Å². The largest absolute Gasteiger partial charge is 0.462 e. The van der Waals surface area contributed by atoms with Gasteiger partial charge in [0, 0.05) is 16.2 Å². The van der Waals surface area contributed by atoms with Crippen LogP contribution < -0.4 is 0 Å². The number of aromatic nitrogens is 3. The number of fused-ring (bicyclic) bond motifs is 1. The van der Waals surface area contributed by atoms with Crippen LogP contribution in [0.25, 0.3) is 16.9 Å². The normalized spacial score (nSPS) is 10.6. The Morgan fingerprint density at radius 1 is 1.38 bits per heavy atom. The number of carbonyl (C=O) groups is 1. The molecule has 6 nitrogen and oxygen atoms in total. The Bertz CT molecular complexity index is 971. The fraction of sp³-hybridized carbons (Fsp3) is 0.176. The Kier molecular flexibility index (Phi) is 4.32. The van der Waals surface area contributed by atoms with Gasteiger partial charge in [-0.3, -0.25) is 0 Å². The zero-order valence-corrected chi connectivity index (χ0v) is 14.7. The fourth-order valence-electron chi connectivity index (χ4n) is 2.42. The highest BCUT2D eigenvalue weighted by Gasteiger charge is 2.20. The average molecular weight is 385 g/mol. The zero-order chi connectivity index (χ0) is 17.3. The van der Waals surface area contributed by atoms with Crippen LogP contribution in [0.15, 0.2) is 34.9 Å². The van der Waals surface area contributed by atoms with E-state index in [1.165, 1.54) is 10.7 Å². The van der Waals surface area contributed by atoms with Gasteiger partial charge in [0.15, 0.2) is 5.65 Å². The number of hydrogen-bond acceptors (Lipinski definition) is 5. The molecule has 0 atom stereocenters. The zero-order valence-electron chi connectivity index (χ0n) is 13.1. The van der Waals surface area contributed by atoms with Crippen LogP contribution >= 0.6 is 15.9 Å². The summed E-state index contributed by atoms with van der Waals surface area (Å²) in [4.78, 5) is 16.3. The summed E-state index contributed by atoms with van der Waals surface area (Å²) in [5.74, 6) is -0.455. The third-order valence-corrected chi connectivity index (χ3v) is 4.14. The van der Waals surface area contributed by atoms with Crippen molar-refractivity contribution >= 4 is 27.5 Å². The first-order chi connectivity index (χ1) is 11.6. The van der Waals surface area contributed by atoms with Crippen molar-refractivity contribution in [2.24, 2.45) is 0 Å². The summed E-state index contributed by atoms with van der Waals surface area (Å²) in [6, 6.07) is 9.66. The molecule has 0 unspecified atom stereocenters.